The Balaban J connectivity index is 1.83. The van der Waals surface area contributed by atoms with Gasteiger partial charge >= 0.3 is 0 Å². The highest BCUT2D eigenvalue weighted by Crippen LogP contribution is 2.25. The smallest absolute Gasteiger partial charge is 0.251 e. The summed E-state index contributed by atoms with van der Waals surface area (Å²) in [6.07, 6.45) is 0.554. The fraction of sp³-hybridized carbons (Fsp3) is 0.429. The number of benzene rings is 1. The van der Waals surface area contributed by atoms with E-state index in [0.29, 0.717) is 37.1 Å². The molecule has 3 N–H and O–H groups in total. The predicted octanol–water partition coefficient (Wildman–Crippen LogP) is -0.122. The lowest BCUT2D eigenvalue weighted by molar-refractivity contribution is 0.0887. The summed E-state index contributed by atoms with van der Waals surface area (Å²) >= 11 is 0. The number of fused-ring (bicyclic) bond motifs is 1. The zero-order chi connectivity index (χ0) is 13.4. The van der Waals surface area contributed by atoms with Crippen LogP contribution in [0.2, 0.25) is 0 Å². The first-order chi connectivity index (χ1) is 9.16. The third-order valence-corrected chi connectivity index (χ3v) is 3.82. The normalized spacial score (nSPS) is 25.4. The van der Waals surface area contributed by atoms with E-state index in [9.17, 15) is 14.7 Å². The third-order valence-electron chi connectivity index (χ3n) is 3.82. The van der Waals surface area contributed by atoms with Crippen molar-refractivity contribution in [3.63, 3.8) is 0 Å². The van der Waals surface area contributed by atoms with E-state index in [0.717, 1.165) is 5.56 Å². The summed E-state index contributed by atoms with van der Waals surface area (Å²) in [6, 6.07) is 4.98. The predicted molar refractivity (Wildman–Crippen MR) is 69.2 cm³/mol. The van der Waals surface area contributed by atoms with Crippen LogP contribution in [-0.2, 0) is 6.42 Å². The minimum absolute atomic E-state index is 0.104. The van der Waals surface area contributed by atoms with Gasteiger partial charge in [-0.15, -0.1) is 0 Å². The Morgan fingerprint density at radius 2 is 2.16 bits per heavy atom. The van der Waals surface area contributed by atoms with Crippen LogP contribution in [0.5, 0.6) is 0 Å². The van der Waals surface area contributed by atoms with Crippen molar-refractivity contribution in [2.45, 2.75) is 25.0 Å². The van der Waals surface area contributed by atoms with Crippen LogP contribution in [0.15, 0.2) is 18.2 Å². The van der Waals surface area contributed by atoms with Gasteiger partial charge in [-0.1, -0.05) is 12.1 Å². The van der Waals surface area contributed by atoms with Crippen LogP contribution < -0.4 is 10.6 Å². The van der Waals surface area contributed by atoms with E-state index in [1.54, 1.807) is 18.2 Å². The Morgan fingerprint density at radius 1 is 1.32 bits per heavy atom. The lowest BCUT2D eigenvalue weighted by atomic mass is 10.0. The Hall–Kier alpha value is -1.72. The van der Waals surface area contributed by atoms with Gasteiger partial charge in [-0.25, -0.2) is 0 Å². The van der Waals surface area contributed by atoms with Gasteiger partial charge in [-0.3, -0.25) is 9.59 Å². The van der Waals surface area contributed by atoms with E-state index in [4.69, 9.17) is 0 Å². The summed E-state index contributed by atoms with van der Waals surface area (Å²) in [5.41, 5.74) is 2.06. The molecule has 19 heavy (non-hydrogen) atoms. The second-order valence-corrected chi connectivity index (χ2v) is 5.06. The van der Waals surface area contributed by atoms with Gasteiger partial charge in [0.2, 0.25) is 0 Å². The van der Waals surface area contributed by atoms with Crippen LogP contribution in [0.25, 0.3) is 0 Å². The molecule has 1 aromatic carbocycles. The zero-order valence-corrected chi connectivity index (χ0v) is 10.5. The molecule has 0 spiro atoms. The second kappa shape index (κ2) is 4.75. The molecular weight excluding hydrogens is 244 g/mol. The standard InChI is InChI=1S/C14H16N2O3/c17-12-5-4-8-9(12)2-1-3-10(8)14(19)16-11-6-15-7-13(11)18/h1-3,11,13,15,18H,4-7H2,(H,16,19)/t11-,13-/m1/s1. The summed E-state index contributed by atoms with van der Waals surface area (Å²) < 4.78 is 0. The molecule has 5 nitrogen and oxygen atoms in total. The highest BCUT2D eigenvalue weighted by atomic mass is 16.3. The summed E-state index contributed by atoms with van der Waals surface area (Å²) in [7, 11) is 0. The van der Waals surface area contributed by atoms with Crippen LogP contribution in [-0.4, -0.2) is 42.0 Å². The van der Waals surface area contributed by atoms with Crippen molar-refractivity contribution in [2.24, 2.45) is 0 Å². The average molecular weight is 260 g/mol. The second-order valence-electron chi connectivity index (χ2n) is 5.06. The number of aliphatic hydroxyl groups excluding tert-OH is 1. The molecule has 1 fully saturated rings. The van der Waals surface area contributed by atoms with Gasteiger partial charge in [0.15, 0.2) is 5.78 Å². The Labute approximate surface area is 111 Å². The molecule has 100 valence electrons. The summed E-state index contributed by atoms with van der Waals surface area (Å²) in [5, 5.41) is 15.5. The van der Waals surface area contributed by atoms with Crippen LogP contribution in [0.3, 0.4) is 0 Å². The molecule has 2 aliphatic rings. The van der Waals surface area contributed by atoms with Crippen molar-refractivity contribution in [1.29, 1.82) is 0 Å². The molecule has 5 heteroatoms. The number of hydrogen-bond donors (Lipinski definition) is 3. The van der Waals surface area contributed by atoms with Crippen molar-refractivity contribution in [3.8, 4) is 0 Å². The highest BCUT2D eigenvalue weighted by molar-refractivity contribution is 6.05. The Morgan fingerprint density at radius 3 is 2.89 bits per heavy atom. The van der Waals surface area contributed by atoms with Crippen LogP contribution in [0.4, 0.5) is 0 Å². The topological polar surface area (TPSA) is 78.4 Å². The van der Waals surface area contributed by atoms with Gasteiger partial charge in [-0.2, -0.15) is 0 Å². The van der Waals surface area contributed by atoms with E-state index in [-0.39, 0.29) is 17.7 Å². The molecule has 0 bridgehead atoms. The maximum atomic E-state index is 12.3. The molecule has 1 amide bonds. The van der Waals surface area contributed by atoms with Gasteiger partial charge < -0.3 is 15.7 Å². The van der Waals surface area contributed by atoms with Crippen molar-refractivity contribution in [3.05, 3.63) is 34.9 Å². The molecule has 1 aliphatic heterocycles. The number of aliphatic hydroxyl groups is 1. The molecule has 2 atom stereocenters. The molecule has 1 saturated heterocycles. The van der Waals surface area contributed by atoms with Gasteiger partial charge in [0.1, 0.15) is 0 Å². The summed E-state index contributed by atoms with van der Waals surface area (Å²) in [4.78, 5) is 23.9. The summed E-state index contributed by atoms with van der Waals surface area (Å²) in [6.45, 7) is 1.07. The van der Waals surface area contributed by atoms with Gasteiger partial charge in [0, 0.05) is 30.6 Å². The molecule has 0 unspecified atom stereocenters. The molecule has 1 heterocycles. The molecule has 0 aromatic heterocycles. The number of β-amino-alcohol motifs (C(OH)–C–C–N with tert-alkyl or cyclic N) is 1. The van der Waals surface area contributed by atoms with Crippen molar-refractivity contribution >= 4 is 11.7 Å². The fourth-order valence-corrected chi connectivity index (χ4v) is 2.76. The van der Waals surface area contributed by atoms with Crippen molar-refractivity contribution < 1.29 is 14.7 Å². The number of nitrogens with one attached hydrogen (secondary N) is 2. The van der Waals surface area contributed by atoms with Crippen LogP contribution in [0, 0.1) is 0 Å². The van der Waals surface area contributed by atoms with Gasteiger partial charge in [0.05, 0.1) is 12.1 Å². The zero-order valence-electron chi connectivity index (χ0n) is 10.5. The summed E-state index contributed by atoms with van der Waals surface area (Å²) in [5.74, 6) is -0.105. The van der Waals surface area contributed by atoms with Crippen molar-refractivity contribution in [2.75, 3.05) is 13.1 Å². The minimum Gasteiger partial charge on any atom is -0.390 e. The van der Waals surface area contributed by atoms with Crippen molar-refractivity contribution in [1.82, 2.24) is 10.6 Å². The lowest BCUT2D eigenvalue weighted by Crippen LogP contribution is -2.43. The quantitative estimate of drug-likeness (QED) is 0.692. The first kappa shape index (κ1) is 12.3. The molecule has 3 rings (SSSR count). The lowest BCUT2D eigenvalue weighted by Gasteiger charge is -2.16. The molecule has 0 saturated carbocycles. The SMILES string of the molecule is O=C1CCc2c1cccc2C(=O)N[C@@H]1CNC[C@H]1O. The molecule has 1 aliphatic carbocycles. The minimum atomic E-state index is -0.553. The first-order valence-corrected chi connectivity index (χ1v) is 6.51. The molecule has 0 radical (unpaired) electrons. The number of carbonyl (C=O) groups is 2. The Kier molecular flexibility index (Phi) is 3.08. The number of Topliss-reactive ketones (excluding diaryl/α,β-unsaturated/α-hetero) is 1. The largest absolute Gasteiger partial charge is 0.390 e. The van der Waals surface area contributed by atoms with Gasteiger partial charge in [-0.05, 0) is 18.1 Å². The Bertz CT molecular complexity index is 541. The van der Waals surface area contributed by atoms with Crippen LogP contribution in [0.1, 0.15) is 32.7 Å². The fourth-order valence-electron chi connectivity index (χ4n) is 2.76. The average Bonchev–Trinajstić information content (AvgIpc) is 2.97. The number of ketones is 1. The number of carbonyl (C=O) groups excluding carboxylic acids is 2. The van der Waals surface area contributed by atoms with E-state index >= 15 is 0 Å². The van der Waals surface area contributed by atoms with E-state index in [1.807, 2.05) is 0 Å². The van der Waals surface area contributed by atoms with E-state index in [1.165, 1.54) is 0 Å². The number of rotatable bonds is 2. The molecular formula is C14H16N2O3. The monoisotopic (exact) mass is 260 g/mol. The first-order valence-electron chi connectivity index (χ1n) is 6.51. The van der Waals surface area contributed by atoms with Gasteiger partial charge in [0.25, 0.3) is 5.91 Å². The number of amides is 1. The maximum absolute atomic E-state index is 12.3. The van der Waals surface area contributed by atoms with E-state index < -0.39 is 6.10 Å². The van der Waals surface area contributed by atoms with Crippen LogP contribution >= 0.6 is 0 Å². The van der Waals surface area contributed by atoms with E-state index in [2.05, 4.69) is 10.6 Å². The third kappa shape index (κ3) is 2.15. The maximum Gasteiger partial charge on any atom is 0.251 e. The number of hydrogen-bond acceptors (Lipinski definition) is 4. The highest BCUT2D eigenvalue weighted by Gasteiger charge is 2.29. The molecule has 1 aromatic rings.